The van der Waals surface area contributed by atoms with Crippen LogP contribution in [0.2, 0.25) is 0 Å². The number of guanidine groups is 1. The molecule has 1 aliphatic heterocycles. The van der Waals surface area contributed by atoms with Crippen molar-refractivity contribution in [2.24, 2.45) is 10.9 Å². The van der Waals surface area contributed by atoms with Crippen LogP contribution in [0.1, 0.15) is 47.5 Å². The van der Waals surface area contributed by atoms with Gasteiger partial charge < -0.3 is 25.6 Å². The Bertz CT molecular complexity index is 677. The van der Waals surface area contributed by atoms with Gasteiger partial charge in [0.05, 0.1) is 6.04 Å². The summed E-state index contributed by atoms with van der Waals surface area (Å²) in [5.41, 5.74) is 0.775. The van der Waals surface area contributed by atoms with Gasteiger partial charge in [-0.3, -0.25) is 4.99 Å². The fraction of sp³-hybridized carbons (Fsp3) is 0.652. The van der Waals surface area contributed by atoms with E-state index in [0.29, 0.717) is 12.6 Å². The van der Waals surface area contributed by atoms with Gasteiger partial charge in [0.2, 0.25) is 0 Å². The second-order valence-corrected chi connectivity index (χ2v) is 9.19. The van der Waals surface area contributed by atoms with Crippen LogP contribution in [-0.4, -0.2) is 56.4 Å². The third-order valence-electron chi connectivity index (χ3n) is 5.18. The predicted octanol–water partition coefficient (Wildman–Crippen LogP) is 3.37. The number of benzene rings is 1. The highest BCUT2D eigenvalue weighted by Gasteiger charge is 2.23. The highest BCUT2D eigenvalue weighted by molar-refractivity contribution is 5.80. The molecular formula is C23H39N5O2. The van der Waals surface area contributed by atoms with Gasteiger partial charge in [0, 0.05) is 38.4 Å². The summed E-state index contributed by atoms with van der Waals surface area (Å²) in [5, 5.41) is 9.86. The zero-order valence-electron chi connectivity index (χ0n) is 19.4. The first-order valence-electron chi connectivity index (χ1n) is 10.9. The standard InChI is InChI=1S/C23H39N5O2/c1-17(2)20(27-22(29)30-23(3,4)5)16-25-21(24-6)26-18-12-14-28(15-13-18)19-10-8-7-9-11-19/h7-11,17-18,20H,12-16H2,1-6H3,(H,27,29)(H2,24,25,26). The van der Waals surface area contributed by atoms with Gasteiger partial charge in [-0.2, -0.15) is 0 Å². The minimum atomic E-state index is -0.509. The topological polar surface area (TPSA) is 78.0 Å². The first-order valence-corrected chi connectivity index (χ1v) is 10.9. The second-order valence-electron chi connectivity index (χ2n) is 9.19. The number of nitrogens with zero attached hydrogens (tertiary/aromatic N) is 2. The lowest BCUT2D eigenvalue weighted by molar-refractivity contribution is 0.0491. The van der Waals surface area contributed by atoms with Crippen molar-refractivity contribution in [1.82, 2.24) is 16.0 Å². The number of para-hydroxylation sites is 1. The molecule has 7 nitrogen and oxygen atoms in total. The lowest BCUT2D eigenvalue weighted by atomic mass is 10.0. The molecule has 0 bridgehead atoms. The number of carbonyl (C=O) groups is 1. The molecule has 168 valence electrons. The fourth-order valence-corrected chi connectivity index (χ4v) is 3.43. The number of anilines is 1. The summed E-state index contributed by atoms with van der Waals surface area (Å²) >= 11 is 0. The maximum absolute atomic E-state index is 12.1. The number of aliphatic imine (C=N–C) groups is 1. The molecular weight excluding hydrogens is 378 g/mol. The smallest absolute Gasteiger partial charge is 0.407 e. The lowest BCUT2D eigenvalue weighted by Crippen LogP contribution is -2.53. The van der Waals surface area contributed by atoms with Gasteiger partial charge in [0.25, 0.3) is 0 Å². The molecule has 0 saturated carbocycles. The molecule has 0 radical (unpaired) electrons. The number of rotatable bonds is 6. The lowest BCUT2D eigenvalue weighted by Gasteiger charge is -2.34. The van der Waals surface area contributed by atoms with E-state index in [4.69, 9.17) is 4.74 Å². The first-order chi connectivity index (χ1) is 14.2. The summed E-state index contributed by atoms with van der Waals surface area (Å²) in [4.78, 5) is 18.9. The Morgan fingerprint density at radius 3 is 2.37 bits per heavy atom. The van der Waals surface area contributed by atoms with Gasteiger partial charge in [0.15, 0.2) is 5.96 Å². The van der Waals surface area contributed by atoms with Crippen molar-refractivity contribution in [3.8, 4) is 0 Å². The van der Waals surface area contributed by atoms with Crippen LogP contribution < -0.4 is 20.9 Å². The fourth-order valence-electron chi connectivity index (χ4n) is 3.43. The van der Waals surface area contributed by atoms with Crippen molar-refractivity contribution in [3.63, 3.8) is 0 Å². The molecule has 1 aromatic rings. The van der Waals surface area contributed by atoms with Gasteiger partial charge in [-0.15, -0.1) is 0 Å². The number of hydrogen-bond acceptors (Lipinski definition) is 4. The van der Waals surface area contributed by atoms with E-state index < -0.39 is 5.60 Å². The highest BCUT2D eigenvalue weighted by atomic mass is 16.6. The minimum absolute atomic E-state index is 0.0571. The van der Waals surface area contributed by atoms with E-state index in [2.05, 4.69) is 70.0 Å². The van der Waals surface area contributed by atoms with Crippen LogP contribution >= 0.6 is 0 Å². The average molecular weight is 418 g/mol. The van der Waals surface area contributed by atoms with Crippen LogP contribution in [0.5, 0.6) is 0 Å². The van der Waals surface area contributed by atoms with Crippen LogP contribution in [0.15, 0.2) is 35.3 Å². The molecule has 1 amide bonds. The van der Waals surface area contributed by atoms with E-state index >= 15 is 0 Å². The monoisotopic (exact) mass is 417 g/mol. The van der Waals surface area contributed by atoms with Crippen LogP contribution in [0.4, 0.5) is 10.5 Å². The molecule has 7 heteroatoms. The zero-order chi connectivity index (χ0) is 22.1. The summed E-state index contributed by atoms with van der Waals surface area (Å²) in [7, 11) is 1.78. The molecule has 1 saturated heterocycles. The maximum Gasteiger partial charge on any atom is 0.407 e. The Labute approximate surface area is 181 Å². The van der Waals surface area contributed by atoms with E-state index in [1.54, 1.807) is 7.05 Å². The summed E-state index contributed by atoms with van der Waals surface area (Å²) < 4.78 is 5.39. The molecule has 0 aromatic heterocycles. The molecule has 3 N–H and O–H groups in total. The van der Waals surface area contributed by atoms with Crippen molar-refractivity contribution in [3.05, 3.63) is 30.3 Å². The number of amides is 1. The molecule has 1 aromatic carbocycles. The molecule has 1 heterocycles. The van der Waals surface area contributed by atoms with Crippen molar-refractivity contribution in [2.75, 3.05) is 31.6 Å². The predicted molar refractivity (Wildman–Crippen MR) is 124 cm³/mol. The number of alkyl carbamates (subject to hydrolysis) is 1. The molecule has 0 aliphatic carbocycles. The Balaban J connectivity index is 1.80. The normalized spacial score (nSPS) is 16.9. The van der Waals surface area contributed by atoms with Crippen LogP contribution in [0.25, 0.3) is 0 Å². The first kappa shape index (κ1) is 23.8. The summed E-state index contributed by atoms with van der Waals surface area (Å²) in [6, 6.07) is 10.9. The van der Waals surface area contributed by atoms with Gasteiger partial charge in [-0.25, -0.2) is 4.79 Å². The van der Waals surface area contributed by atoms with E-state index in [-0.39, 0.29) is 18.1 Å². The third-order valence-corrected chi connectivity index (χ3v) is 5.18. The van der Waals surface area contributed by atoms with Crippen LogP contribution in [0, 0.1) is 5.92 Å². The van der Waals surface area contributed by atoms with Crippen molar-refractivity contribution in [2.45, 2.75) is 65.1 Å². The Hall–Kier alpha value is -2.44. The highest BCUT2D eigenvalue weighted by Crippen LogP contribution is 2.19. The number of carbonyl (C=O) groups excluding carboxylic acids is 1. The van der Waals surface area contributed by atoms with Gasteiger partial charge >= 0.3 is 6.09 Å². The molecule has 0 spiro atoms. The maximum atomic E-state index is 12.1. The van der Waals surface area contributed by atoms with Gasteiger partial charge in [-0.1, -0.05) is 32.0 Å². The van der Waals surface area contributed by atoms with Crippen molar-refractivity contribution >= 4 is 17.7 Å². The van der Waals surface area contributed by atoms with Crippen molar-refractivity contribution in [1.29, 1.82) is 0 Å². The van der Waals surface area contributed by atoms with E-state index in [9.17, 15) is 4.79 Å². The Morgan fingerprint density at radius 2 is 1.83 bits per heavy atom. The SMILES string of the molecule is CN=C(NCC(NC(=O)OC(C)(C)C)C(C)C)NC1CCN(c2ccccc2)CC1. The third kappa shape index (κ3) is 8.13. The van der Waals surface area contributed by atoms with Gasteiger partial charge in [-0.05, 0) is 51.7 Å². The van der Waals surface area contributed by atoms with E-state index in [0.717, 1.165) is 31.9 Å². The average Bonchev–Trinajstić information content (AvgIpc) is 2.69. The van der Waals surface area contributed by atoms with Crippen LogP contribution in [0.3, 0.4) is 0 Å². The second kappa shape index (κ2) is 11.1. The van der Waals surface area contributed by atoms with Crippen molar-refractivity contribution < 1.29 is 9.53 Å². The minimum Gasteiger partial charge on any atom is -0.444 e. The van der Waals surface area contributed by atoms with E-state index in [1.807, 2.05) is 20.8 Å². The Morgan fingerprint density at radius 1 is 1.20 bits per heavy atom. The van der Waals surface area contributed by atoms with Crippen LogP contribution in [-0.2, 0) is 4.74 Å². The molecule has 1 aliphatic rings. The number of ether oxygens (including phenoxy) is 1. The Kier molecular flexibility index (Phi) is 8.81. The molecule has 2 rings (SSSR count). The number of piperidine rings is 1. The summed E-state index contributed by atoms with van der Waals surface area (Å²) in [6.07, 6.45) is 1.72. The number of hydrogen-bond donors (Lipinski definition) is 3. The summed E-state index contributed by atoms with van der Waals surface area (Å²) in [6.45, 7) is 12.4. The molecule has 1 fully saturated rings. The van der Waals surface area contributed by atoms with E-state index in [1.165, 1.54) is 5.69 Å². The zero-order valence-corrected chi connectivity index (χ0v) is 19.4. The number of nitrogens with one attached hydrogen (secondary N) is 3. The molecule has 1 atom stereocenters. The molecule has 30 heavy (non-hydrogen) atoms. The molecule has 1 unspecified atom stereocenters. The largest absolute Gasteiger partial charge is 0.444 e. The quantitative estimate of drug-likeness (QED) is 0.489. The van der Waals surface area contributed by atoms with Gasteiger partial charge in [0.1, 0.15) is 5.60 Å². The summed E-state index contributed by atoms with van der Waals surface area (Å²) in [5.74, 6) is 1.03.